The molecule has 2 aromatic rings. The summed E-state index contributed by atoms with van der Waals surface area (Å²) in [7, 11) is -4.23. The van der Waals surface area contributed by atoms with Gasteiger partial charge in [0.1, 0.15) is 0 Å². The molecule has 0 heterocycles. The molecule has 0 radical (unpaired) electrons. The molecule has 2 aromatic carbocycles. The van der Waals surface area contributed by atoms with Crippen molar-refractivity contribution in [2.45, 2.75) is 36.0 Å². The van der Waals surface area contributed by atoms with Gasteiger partial charge in [0.05, 0.1) is 17.4 Å². The first-order valence-electron chi connectivity index (χ1n) is 8.44. The Morgan fingerprint density at radius 3 is 2.07 bits per heavy atom. The van der Waals surface area contributed by atoms with Crippen molar-refractivity contribution in [2.75, 3.05) is 6.61 Å². The van der Waals surface area contributed by atoms with Gasteiger partial charge in [0, 0.05) is 11.8 Å². The normalized spacial score (nSPS) is 14.7. The lowest BCUT2D eigenvalue weighted by molar-refractivity contribution is -0.522. The molecule has 0 aromatic heterocycles. The summed E-state index contributed by atoms with van der Waals surface area (Å²) in [5.41, 5.74) is 0.388. The second kappa shape index (κ2) is 8.77. The third kappa shape index (κ3) is 4.51. The van der Waals surface area contributed by atoms with Crippen molar-refractivity contribution in [1.29, 1.82) is 0 Å². The van der Waals surface area contributed by atoms with Crippen LogP contribution in [0.25, 0.3) is 0 Å². The lowest BCUT2D eigenvalue weighted by Crippen LogP contribution is -2.44. The highest BCUT2D eigenvalue weighted by molar-refractivity contribution is 7.92. The maximum atomic E-state index is 13.3. The second-order valence-electron chi connectivity index (χ2n) is 5.99. The van der Waals surface area contributed by atoms with Crippen molar-refractivity contribution in [2.24, 2.45) is 0 Å². The van der Waals surface area contributed by atoms with E-state index in [9.17, 15) is 23.3 Å². The van der Waals surface area contributed by atoms with Gasteiger partial charge in [-0.05, 0) is 24.6 Å². The molecular weight excluding hydrogens is 370 g/mol. The highest BCUT2D eigenvalue weighted by Gasteiger charge is 2.48. The van der Waals surface area contributed by atoms with Gasteiger partial charge < -0.3 is 4.74 Å². The van der Waals surface area contributed by atoms with E-state index in [0.29, 0.717) is 5.56 Å². The first kappa shape index (κ1) is 20.6. The fourth-order valence-corrected chi connectivity index (χ4v) is 4.88. The second-order valence-corrected chi connectivity index (χ2v) is 8.06. The molecular formula is C19H21NO6S. The lowest BCUT2D eigenvalue weighted by Gasteiger charge is -2.26. The number of hydrogen-bond donors (Lipinski definition) is 0. The van der Waals surface area contributed by atoms with Gasteiger partial charge in [-0.15, -0.1) is 0 Å². The van der Waals surface area contributed by atoms with Crippen molar-refractivity contribution in [3.8, 4) is 0 Å². The van der Waals surface area contributed by atoms with Gasteiger partial charge in [0.15, 0.2) is 15.1 Å². The molecule has 0 aliphatic carbocycles. The summed E-state index contributed by atoms with van der Waals surface area (Å²) in [6.45, 7) is 2.82. The van der Waals surface area contributed by atoms with Gasteiger partial charge in [-0.1, -0.05) is 48.5 Å². The minimum absolute atomic E-state index is 0.0337. The van der Waals surface area contributed by atoms with Crippen LogP contribution in [0.2, 0.25) is 0 Å². The third-order valence-electron chi connectivity index (χ3n) is 4.29. The summed E-state index contributed by atoms with van der Waals surface area (Å²) >= 11 is 0. The van der Waals surface area contributed by atoms with E-state index in [0.717, 1.165) is 0 Å². The van der Waals surface area contributed by atoms with Crippen LogP contribution in [0.15, 0.2) is 65.6 Å². The fourth-order valence-electron chi connectivity index (χ4n) is 2.96. The summed E-state index contributed by atoms with van der Waals surface area (Å²) in [4.78, 5) is 23.5. The fraction of sp³-hybridized carbons (Fsp3) is 0.316. The summed E-state index contributed by atoms with van der Waals surface area (Å²) in [6.07, 6.45) is 0. The van der Waals surface area contributed by atoms with E-state index in [4.69, 9.17) is 4.74 Å². The molecule has 0 unspecified atom stereocenters. The van der Waals surface area contributed by atoms with Crippen molar-refractivity contribution in [1.82, 2.24) is 0 Å². The van der Waals surface area contributed by atoms with E-state index >= 15 is 0 Å². The molecule has 27 heavy (non-hydrogen) atoms. The zero-order valence-corrected chi connectivity index (χ0v) is 15.8. The van der Waals surface area contributed by atoms with E-state index in [1.54, 1.807) is 43.3 Å². The van der Waals surface area contributed by atoms with Gasteiger partial charge >= 0.3 is 5.97 Å². The molecule has 0 saturated carbocycles. The molecule has 3 atom stereocenters. The van der Waals surface area contributed by atoms with Crippen molar-refractivity contribution >= 4 is 15.8 Å². The quantitative estimate of drug-likeness (QED) is 0.389. The van der Waals surface area contributed by atoms with Crippen molar-refractivity contribution in [3.63, 3.8) is 0 Å². The number of sulfone groups is 1. The number of esters is 1. The summed E-state index contributed by atoms with van der Waals surface area (Å²) < 4.78 is 31.5. The summed E-state index contributed by atoms with van der Waals surface area (Å²) in [5, 5.41) is 9.79. The Morgan fingerprint density at radius 1 is 1.07 bits per heavy atom. The number of ether oxygens (including phenoxy) is 1. The summed E-state index contributed by atoms with van der Waals surface area (Å²) in [6, 6.07) is 14.3. The van der Waals surface area contributed by atoms with Crippen LogP contribution in [0.3, 0.4) is 0 Å². The minimum atomic E-state index is -4.23. The van der Waals surface area contributed by atoms with Gasteiger partial charge in [0.25, 0.3) is 0 Å². The SMILES string of the molecule is CCOC(=O)[C@H]([C@@H](c1ccccc1)[C@@H](C)[N+](=O)[O-])S(=O)(=O)c1ccccc1. The molecule has 2 rings (SSSR count). The van der Waals surface area contributed by atoms with Crippen LogP contribution >= 0.6 is 0 Å². The molecule has 0 saturated heterocycles. The van der Waals surface area contributed by atoms with Crippen LogP contribution in [-0.4, -0.2) is 37.2 Å². The first-order chi connectivity index (χ1) is 12.8. The average Bonchev–Trinajstić information content (AvgIpc) is 2.66. The van der Waals surface area contributed by atoms with Crippen LogP contribution in [0.1, 0.15) is 25.3 Å². The molecule has 0 bridgehead atoms. The van der Waals surface area contributed by atoms with Crippen LogP contribution in [0.5, 0.6) is 0 Å². The highest BCUT2D eigenvalue weighted by Crippen LogP contribution is 2.33. The molecule has 8 heteroatoms. The predicted molar refractivity (Wildman–Crippen MR) is 99.7 cm³/mol. The number of nitrogens with zero attached hydrogens (tertiary/aromatic N) is 1. The Kier molecular flexibility index (Phi) is 6.68. The molecule has 7 nitrogen and oxygen atoms in total. The van der Waals surface area contributed by atoms with Crippen molar-refractivity contribution in [3.05, 3.63) is 76.3 Å². The highest BCUT2D eigenvalue weighted by atomic mass is 32.2. The van der Waals surface area contributed by atoms with E-state index in [2.05, 4.69) is 0 Å². The predicted octanol–water partition coefficient (Wildman–Crippen LogP) is 2.84. The number of rotatable bonds is 8. The van der Waals surface area contributed by atoms with Gasteiger partial charge in [-0.25, -0.2) is 8.42 Å². The smallest absolute Gasteiger partial charge is 0.325 e. The van der Waals surface area contributed by atoms with Crippen LogP contribution in [0.4, 0.5) is 0 Å². The molecule has 0 spiro atoms. The van der Waals surface area contributed by atoms with Crippen molar-refractivity contribution < 1.29 is 22.9 Å². The number of carbonyl (C=O) groups excluding carboxylic acids is 1. The molecule has 0 N–H and O–H groups in total. The molecule has 0 fully saturated rings. The zero-order chi connectivity index (χ0) is 20.0. The maximum absolute atomic E-state index is 13.3. The van der Waals surface area contributed by atoms with Gasteiger partial charge in [-0.3, -0.25) is 14.9 Å². The van der Waals surface area contributed by atoms with Gasteiger partial charge in [-0.2, -0.15) is 0 Å². The lowest BCUT2D eigenvalue weighted by atomic mass is 9.89. The maximum Gasteiger partial charge on any atom is 0.325 e. The van der Waals surface area contributed by atoms with E-state index in [1.807, 2.05) is 0 Å². The number of benzene rings is 2. The van der Waals surface area contributed by atoms with Crippen LogP contribution < -0.4 is 0 Å². The van der Waals surface area contributed by atoms with E-state index in [1.165, 1.54) is 31.2 Å². The Labute approximate surface area is 158 Å². The molecule has 0 aliphatic heterocycles. The average molecular weight is 391 g/mol. The largest absolute Gasteiger partial charge is 0.465 e. The standard InChI is InChI=1S/C19H21NO6S/c1-3-26-19(21)18(27(24,25)16-12-8-5-9-13-16)17(14(2)20(22)23)15-10-6-4-7-11-15/h4-14,17-18H,3H2,1-2H3/t14-,17-,18+/m1/s1. The van der Waals surface area contributed by atoms with E-state index < -0.39 is 37.9 Å². The Morgan fingerprint density at radius 2 is 1.59 bits per heavy atom. The first-order valence-corrected chi connectivity index (χ1v) is 9.99. The van der Waals surface area contributed by atoms with Gasteiger partial charge in [0.2, 0.25) is 6.04 Å². The van der Waals surface area contributed by atoms with E-state index in [-0.39, 0.29) is 11.5 Å². The zero-order valence-electron chi connectivity index (χ0n) is 15.0. The monoisotopic (exact) mass is 391 g/mol. The Balaban J connectivity index is 2.69. The molecule has 0 aliphatic rings. The van der Waals surface area contributed by atoms with Crippen LogP contribution in [0, 0.1) is 10.1 Å². The summed E-state index contributed by atoms with van der Waals surface area (Å²) in [5.74, 6) is -2.20. The van der Waals surface area contributed by atoms with Crippen LogP contribution in [-0.2, 0) is 19.4 Å². The number of hydrogen-bond acceptors (Lipinski definition) is 6. The number of carbonyl (C=O) groups is 1. The topological polar surface area (TPSA) is 104 Å². The minimum Gasteiger partial charge on any atom is -0.465 e. The third-order valence-corrected chi connectivity index (χ3v) is 6.37. The Hall–Kier alpha value is -2.74. The number of nitro groups is 1. The molecule has 0 amide bonds. The molecule has 144 valence electrons. The Bertz CT molecular complexity index is 883.